The fourth-order valence-electron chi connectivity index (χ4n) is 2.96. The van der Waals surface area contributed by atoms with Gasteiger partial charge < -0.3 is 0 Å². The van der Waals surface area contributed by atoms with Crippen molar-refractivity contribution in [2.75, 3.05) is 0 Å². The lowest BCUT2D eigenvalue weighted by molar-refractivity contribution is 1.10. The average molecular weight is 310 g/mol. The first-order valence-electron chi connectivity index (χ1n) is 8.03. The Kier molecular flexibility index (Phi) is 3.51. The van der Waals surface area contributed by atoms with Crippen molar-refractivity contribution in [3.05, 3.63) is 91.0 Å². The second kappa shape index (κ2) is 5.82. The van der Waals surface area contributed by atoms with Gasteiger partial charge in [-0.15, -0.1) is 0 Å². The molecule has 0 atom stereocenters. The smallest absolute Gasteiger partial charge is 0.145 e. The molecule has 0 amide bonds. The highest BCUT2D eigenvalue weighted by Crippen LogP contribution is 2.30. The van der Waals surface area contributed by atoms with Crippen LogP contribution in [0.3, 0.4) is 0 Å². The molecule has 1 heterocycles. The minimum atomic E-state index is 0.954. The maximum absolute atomic E-state index is 4.89. The largest absolute Gasteiger partial charge is 0.292 e. The van der Waals surface area contributed by atoms with Crippen LogP contribution in [0.15, 0.2) is 85.4 Å². The van der Waals surface area contributed by atoms with Crippen LogP contribution in [0.4, 0.5) is 0 Å². The van der Waals surface area contributed by atoms with E-state index in [9.17, 15) is 0 Å². The molecular weight excluding hydrogens is 292 g/mol. The summed E-state index contributed by atoms with van der Waals surface area (Å²) < 4.78 is 2.22. The van der Waals surface area contributed by atoms with Gasteiger partial charge in [0.05, 0.1) is 11.0 Å². The molecule has 0 radical (unpaired) electrons. The number of para-hydroxylation sites is 1. The molecule has 0 saturated carbocycles. The Hall–Kier alpha value is -3.13. The predicted octanol–water partition coefficient (Wildman–Crippen LogP) is 5.73. The molecule has 0 aliphatic heterocycles. The highest BCUT2D eigenvalue weighted by Gasteiger charge is 2.14. The highest BCUT2D eigenvalue weighted by molar-refractivity contribution is 5.86. The van der Waals surface area contributed by atoms with Crippen LogP contribution in [0.5, 0.6) is 0 Å². The molecule has 0 N–H and O–H groups in total. The summed E-state index contributed by atoms with van der Waals surface area (Å²) in [6.45, 7) is 6.10. The summed E-state index contributed by atoms with van der Waals surface area (Å²) in [5.41, 5.74) is 6.49. The van der Waals surface area contributed by atoms with Gasteiger partial charge in [0.25, 0.3) is 0 Å². The minimum absolute atomic E-state index is 0.954. The lowest BCUT2D eigenvalue weighted by Gasteiger charge is -2.10. The van der Waals surface area contributed by atoms with Crippen molar-refractivity contribution >= 4 is 16.6 Å². The number of hydrogen-bond donors (Lipinski definition) is 0. The van der Waals surface area contributed by atoms with Gasteiger partial charge in [-0.1, -0.05) is 66.7 Å². The van der Waals surface area contributed by atoms with Crippen LogP contribution in [-0.2, 0) is 0 Å². The van der Waals surface area contributed by atoms with Gasteiger partial charge in [0.1, 0.15) is 5.82 Å². The van der Waals surface area contributed by atoms with E-state index in [1.165, 1.54) is 0 Å². The quantitative estimate of drug-likeness (QED) is 0.473. The minimum Gasteiger partial charge on any atom is -0.292 e. The second-order valence-corrected chi connectivity index (χ2v) is 5.96. The topological polar surface area (TPSA) is 17.8 Å². The highest BCUT2D eigenvalue weighted by atomic mass is 15.1. The molecule has 3 aromatic carbocycles. The lowest BCUT2D eigenvalue weighted by atomic mass is 10.1. The van der Waals surface area contributed by atoms with Gasteiger partial charge in [0, 0.05) is 11.3 Å². The standard InChI is InChI=1S/C22H18N2/c1-16(2)18-13-14-20-21(15-18)24(19-11-7-4-8-12-19)22(23-20)17-9-5-3-6-10-17/h3-15H,1H2,2H3. The molecule has 4 aromatic rings. The monoisotopic (exact) mass is 310 g/mol. The third-order valence-corrected chi connectivity index (χ3v) is 4.19. The average Bonchev–Trinajstić information content (AvgIpc) is 3.01. The maximum Gasteiger partial charge on any atom is 0.145 e. The second-order valence-electron chi connectivity index (χ2n) is 5.96. The Balaban J connectivity index is 2.07. The summed E-state index contributed by atoms with van der Waals surface area (Å²) >= 11 is 0. The number of fused-ring (bicyclic) bond motifs is 1. The molecule has 0 aliphatic rings. The molecule has 0 fully saturated rings. The third-order valence-electron chi connectivity index (χ3n) is 4.19. The Labute approximate surface area is 141 Å². The Bertz CT molecular complexity index is 1010. The first kappa shape index (κ1) is 14.5. The van der Waals surface area contributed by atoms with Gasteiger partial charge in [0.2, 0.25) is 0 Å². The van der Waals surface area contributed by atoms with Crippen molar-refractivity contribution in [2.24, 2.45) is 0 Å². The molecule has 24 heavy (non-hydrogen) atoms. The molecule has 1 aromatic heterocycles. The van der Waals surface area contributed by atoms with E-state index in [4.69, 9.17) is 4.98 Å². The number of allylic oxidation sites excluding steroid dienone is 1. The zero-order chi connectivity index (χ0) is 16.5. The van der Waals surface area contributed by atoms with E-state index >= 15 is 0 Å². The number of nitrogens with zero attached hydrogens (tertiary/aromatic N) is 2. The van der Waals surface area contributed by atoms with Crippen LogP contribution < -0.4 is 0 Å². The van der Waals surface area contributed by atoms with Gasteiger partial charge in [0.15, 0.2) is 0 Å². The summed E-state index contributed by atoms with van der Waals surface area (Å²) in [5, 5.41) is 0. The van der Waals surface area contributed by atoms with Crippen molar-refractivity contribution in [1.29, 1.82) is 0 Å². The van der Waals surface area contributed by atoms with Gasteiger partial charge in [-0.25, -0.2) is 4.98 Å². The molecule has 2 heteroatoms. The van der Waals surface area contributed by atoms with Crippen LogP contribution in [0.1, 0.15) is 12.5 Å². The number of rotatable bonds is 3. The van der Waals surface area contributed by atoms with Crippen molar-refractivity contribution in [1.82, 2.24) is 9.55 Å². The molecule has 116 valence electrons. The van der Waals surface area contributed by atoms with E-state index in [0.29, 0.717) is 0 Å². The summed E-state index contributed by atoms with van der Waals surface area (Å²) in [5.74, 6) is 0.954. The van der Waals surface area contributed by atoms with Gasteiger partial charge in [-0.05, 0) is 36.8 Å². The number of imidazole rings is 1. The van der Waals surface area contributed by atoms with E-state index in [1.54, 1.807) is 0 Å². The van der Waals surface area contributed by atoms with Crippen molar-refractivity contribution in [3.63, 3.8) is 0 Å². The van der Waals surface area contributed by atoms with Gasteiger partial charge in [-0.2, -0.15) is 0 Å². The lowest BCUT2D eigenvalue weighted by Crippen LogP contribution is -1.97. The SMILES string of the molecule is C=C(C)c1ccc2nc(-c3ccccc3)n(-c3ccccc3)c2c1. The van der Waals surface area contributed by atoms with Crippen molar-refractivity contribution < 1.29 is 0 Å². The van der Waals surface area contributed by atoms with Gasteiger partial charge >= 0.3 is 0 Å². The van der Waals surface area contributed by atoms with Crippen molar-refractivity contribution in [3.8, 4) is 17.1 Å². The summed E-state index contributed by atoms with van der Waals surface area (Å²) in [7, 11) is 0. The molecule has 4 rings (SSSR count). The van der Waals surface area contributed by atoms with E-state index in [1.807, 2.05) is 31.2 Å². The number of hydrogen-bond acceptors (Lipinski definition) is 1. The molecule has 0 bridgehead atoms. The Morgan fingerprint density at radius 1 is 0.875 bits per heavy atom. The van der Waals surface area contributed by atoms with Crippen LogP contribution in [0, 0.1) is 0 Å². The molecule has 0 saturated heterocycles. The molecule has 0 aliphatic carbocycles. The number of aromatic nitrogens is 2. The van der Waals surface area contributed by atoms with Crippen LogP contribution in [0.2, 0.25) is 0 Å². The zero-order valence-corrected chi connectivity index (χ0v) is 13.6. The van der Waals surface area contributed by atoms with Crippen molar-refractivity contribution in [2.45, 2.75) is 6.92 Å². The summed E-state index contributed by atoms with van der Waals surface area (Å²) in [4.78, 5) is 4.89. The van der Waals surface area contributed by atoms with Crippen LogP contribution in [-0.4, -0.2) is 9.55 Å². The molecule has 2 nitrogen and oxygen atoms in total. The third kappa shape index (κ3) is 2.42. The first-order chi connectivity index (χ1) is 11.7. The summed E-state index contributed by atoms with van der Waals surface area (Å²) in [6.07, 6.45) is 0. The normalized spacial score (nSPS) is 10.9. The van der Waals surface area contributed by atoms with E-state index < -0.39 is 0 Å². The first-order valence-corrected chi connectivity index (χ1v) is 8.03. The van der Waals surface area contributed by atoms with Crippen LogP contribution >= 0.6 is 0 Å². The maximum atomic E-state index is 4.89. The fraction of sp³-hybridized carbons (Fsp3) is 0.0455. The summed E-state index contributed by atoms with van der Waals surface area (Å²) in [6, 6.07) is 27.0. The predicted molar refractivity (Wildman–Crippen MR) is 101 cm³/mol. The molecule has 0 unspecified atom stereocenters. The molecular formula is C22H18N2. The zero-order valence-electron chi connectivity index (χ0n) is 13.6. The number of benzene rings is 3. The van der Waals surface area contributed by atoms with Crippen LogP contribution in [0.25, 0.3) is 33.7 Å². The molecule has 0 spiro atoms. The Morgan fingerprint density at radius 3 is 2.21 bits per heavy atom. The van der Waals surface area contributed by atoms with E-state index in [-0.39, 0.29) is 0 Å². The van der Waals surface area contributed by atoms with Gasteiger partial charge in [-0.3, -0.25) is 4.57 Å². The van der Waals surface area contributed by atoms with E-state index in [2.05, 4.69) is 65.7 Å². The fourth-order valence-corrected chi connectivity index (χ4v) is 2.96. The Morgan fingerprint density at radius 2 is 1.54 bits per heavy atom. The van der Waals surface area contributed by atoms with E-state index in [0.717, 1.165) is 39.2 Å².